The quantitative estimate of drug-likeness (QED) is 0.826. The molecule has 0 aliphatic heterocycles. The topological polar surface area (TPSA) is 90.0 Å². The maximum absolute atomic E-state index is 12.2. The molecule has 1 aromatic heterocycles. The molecule has 108 valence electrons. The van der Waals surface area contributed by atoms with Gasteiger partial charge in [-0.3, -0.25) is 4.68 Å². The van der Waals surface area contributed by atoms with Crippen LogP contribution in [-0.2, 0) is 23.6 Å². The van der Waals surface area contributed by atoms with Gasteiger partial charge in [-0.25, -0.2) is 13.1 Å². The van der Waals surface area contributed by atoms with E-state index < -0.39 is 10.0 Å². The lowest BCUT2D eigenvalue weighted by atomic mass is 10.2. The van der Waals surface area contributed by atoms with E-state index in [1.165, 1.54) is 6.07 Å². The third kappa shape index (κ3) is 2.83. The Labute approximate surface area is 118 Å². The highest BCUT2D eigenvalue weighted by Crippen LogP contribution is 2.19. The molecule has 6 nitrogen and oxygen atoms in total. The predicted molar refractivity (Wildman–Crippen MR) is 77.6 cm³/mol. The Hall–Kier alpha value is -1.86. The second kappa shape index (κ2) is 5.26. The minimum Gasteiger partial charge on any atom is -0.398 e. The van der Waals surface area contributed by atoms with Gasteiger partial charge in [0.25, 0.3) is 0 Å². The van der Waals surface area contributed by atoms with Crippen LogP contribution in [0.15, 0.2) is 29.3 Å². The van der Waals surface area contributed by atoms with Crippen molar-refractivity contribution in [2.24, 2.45) is 7.05 Å². The van der Waals surface area contributed by atoms with Crippen molar-refractivity contribution >= 4 is 15.7 Å². The number of nitrogen functional groups attached to an aromatic ring is 1. The Morgan fingerprint density at radius 2 is 2.05 bits per heavy atom. The van der Waals surface area contributed by atoms with E-state index in [-0.39, 0.29) is 17.1 Å². The number of hydrogen-bond donors (Lipinski definition) is 2. The first-order chi connectivity index (χ1) is 9.31. The molecule has 0 aliphatic carbocycles. The van der Waals surface area contributed by atoms with Gasteiger partial charge in [-0.15, -0.1) is 0 Å². The Balaban J connectivity index is 2.21. The molecule has 0 bridgehead atoms. The number of rotatable bonds is 4. The highest BCUT2D eigenvalue weighted by Gasteiger charge is 2.17. The molecule has 0 fully saturated rings. The molecule has 2 aromatic rings. The summed E-state index contributed by atoms with van der Waals surface area (Å²) in [6.07, 6.45) is 1.65. The van der Waals surface area contributed by atoms with Gasteiger partial charge in [0.1, 0.15) is 4.90 Å². The number of hydrogen-bond acceptors (Lipinski definition) is 4. The lowest BCUT2D eigenvalue weighted by molar-refractivity contribution is 0.581. The smallest absolute Gasteiger partial charge is 0.242 e. The fourth-order valence-corrected chi connectivity index (χ4v) is 3.00. The number of sulfonamides is 1. The van der Waals surface area contributed by atoms with Crippen molar-refractivity contribution < 1.29 is 8.42 Å². The van der Waals surface area contributed by atoms with Crippen molar-refractivity contribution in [2.45, 2.75) is 25.3 Å². The highest BCUT2D eigenvalue weighted by atomic mass is 32.2. The van der Waals surface area contributed by atoms with Crippen LogP contribution in [-0.4, -0.2) is 18.2 Å². The second-order valence-electron chi connectivity index (χ2n) is 4.74. The molecular weight excluding hydrogens is 276 g/mol. The number of anilines is 1. The van der Waals surface area contributed by atoms with Crippen molar-refractivity contribution in [3.8, 4) is 0 Å². The minimum absolute atomic E-state index is 0.102. The molecule has 0 amide bonds. The average Bonchev–Trinajstić information content (AvgIpc) is 2.67. The molecule has 0 saturated carbocycles. The molecule has 1 heterocycles. The average molecular weight is 294 g/mol. The van der Waals surface area contributed by atoms with Gasteiger partial charge in [-0.1, -0.05) is 6.07 Å². The SMILES string of the molecule is Cc1ccc(S(=O)(=O)NCc2cnn(C)c2C)c(N)c1. The molecule has 7 heteroatoms. The van der Waals surface area contributed by atoms with Gasteiger partial charge in [0, 0.05) is 24.8 Å². The Morgan fingerprint density at radius 3 is 2.60 bits per heavy atom. The van der Waals surface area contributed by atoms with E-state index in [0.29, 0.717) is 0 Å². The molecule has 0 aliphatic rings. The van der Waals surface area contributed by atoms with Crippen LogP contribution in [0, 0.1) is 13.8 Å². The molecule has 0 unspecified atom stereocenters. The van der Waals surface area contributed by atoms with Crippen LogP contribution in [0.4, 0.5) is 5.69 Å². The summed E-state index contributed by atoms with van der Waals surface area (Å²) in [5, 5.41) is 4.08. The van der Waals surface area contributed by atoms with E-state index in [1.807, 2.05) is 20.9 Å². The van der Waals surface area contributed by atoms with Gasteiger partial charge < -0.3 is 5.73 Å². The highest BCUT2D eigenvalue weighted by molar-refractivity contribution is 7.89. The van der Waals surface area contributed by atoms with E-state index in [2.05, 4.69) is 9.82 Å². The Bertz CT molecular complexity index is 735. The first-order valence-corrected chi connectivity index (χ1v) is 7.63. The van der Waals surface area contributed by atoms with Crippen molar-refractivity contribution in [2.75, 3.05) is 5.73 Å². The van der Waals surface area contributed by atoms with Crippen LogP contribution in [0.5, 0.6) is 0 Å². The van der Waals surface area contributed by atoms with Crippen LogP contribution in [0.1, 0.15) is 16.8 Å². The normalized spacial score (nSPS) is 11.8. The van der Waals surface area contributed by atoms with E-state index >= 15 is 0 Å². The summed E-state index contributed by atoms with van der Waals surface area (Å²) in [5.74, 6) is 0. The van der Waals surface area contributed by atoms with Crippen LogP contribution >= 0.6 is 0 Å². The van der Waals surface area contributed by atoms with Gasteiger partial charge in [0.05, 0.1) is 11.9 Å². The van der Waals surface area contributed by atoms with Crippen LogP contribution in [0.3, 0.4) is 0 Å². The largest absolute Gasteiger partial charge is 0.398 e. The Kier molecular flexibility index (Phi) is 3.82. The molecule has 2 rings (SSSR count). The summed E-state index contributed by atoms with van der Waals surface area (Å²) in [6.45, 7) is 3.94. The van der Waals surface area contributed by atoms with Gasteiger partial charge in [0.15, 0.2) is 0 Å². The summed E-state index contributed by atoms with van der Waals surface area (Å²) < 4.78 is 28.7. The molecule has 0 saturated heterocycles. The van der Waals surface area contributed by atoms with E-state index in [0.717, 1.165) is 16.8 Å². The van der Waals surface area contributed by atoms with Crippen LogP contribution in [0.2, 0.25) is 0 Å². The fourth-order valence-electron chi connectivity index (χ4n) is 1.88. The molecule has 0 spiro atoms. The number of aryl methyl sites for hydroxylation is 2. The number of nitrogens with zero attached hydrogens (tertiary/aromatic N) is 2. The van der Waals surface area contributed by atoms with Gasteiger partial charge in [-0.2, -0.15) is 5.10 Å². The zero-order chi connectivity index (χ0) is 14.9. The summed E-state index contributed by atoms with van der Waals surface area (Å²) in [5.41, 5.74) is 8.70. The Morgan fingerprint density at radius 1 is 1.35 bits per heavy atom. The number of benzene rings is 1. The maximum Gasteiger partial charge on any atom is 0.242 e. The lowest BCUT2D eigenvalue weighted by Crippen LogP contribution is -2.24. The molecule has 20 heavy (non-hydrogen) atoms. The zero-order valence-corrected chi connectivity index (χ0v) is 12.5. The first kappa shape index (κ1) is 14.5. The maximum atomic E-state index is 12.2. The molecule has 0 radical (unpaired) electrons. The first-order valence-electron chi connectivity index (χ1n) is 6.14. The van der Waals surface area contributed by atoms with Crippen LogP contribution < -0.4 is 10.5 Å². The summed E-state index contributed by atoms with van der Waals surface area (Å²) >= 11 is 0. The van der Waals surface area contributed by atoms with Crippen molar-refractivity contribution in [1.82, 2.24) is 14.5 Å². The number of nitrogens with two attached hydrogens (primary N) is 1. The van der Waals surface area contributed by atoms with E-state index in [9.17, 15) is 8.42 Å². The number of nitrogens with one attached hydrogen (secondary N) is 1. The molecule has 1 aromatic carbocycles. The van der Waals surface area contributed by atoms with E-state index in [4.69, 9.17) is 5.73 Å². The predicted octanol–water partition coefficient (Wildman–Crippen LogP) is 1.10. The minimum atomic E-state index is -3.63. The van der Waals surface area contributed by atoms with Crippen molar-refractivity contribution in [1.29, 1.82) is 0 Å². The zero-order valence-electron chi connectivity index (χ0n) is 11.7. The third-order valence-electron chi connectivity index (χ3n) is 3.24. The van der Waals surface area contributed by atoms with Gasteiger partial charge >= 0.3 is 0 Å². The second-order valence-corrected chi connectivity index (χ2v) is 6.48. The standard InChI is InChI=1S/C13H18N4O2S/c1-9-4-5-13(12(14)6-9)20(18,19)16-8-11-7-15-17(3)10(11)2/h4-7,16H,8,14H2,1-3H3. The van der Waals surface area contributed by atoms with Crippen LogP contribution in [0.25, 0.3) is 0 Å². The number of aromatic nitrogens is 2. The van der Waals surface area contributed by atoms with Crippen molar-refractivity contribution in [3.63, 3.8) is 0 Å². The summed E-state index contributed by atoms with van der Waals surface area (Å²) in [4.78, 5) is 0.102. The summed E-state index contributed by atoms with van der Waals surface area (Å²) in [6, 6.07) is 4.88. The fraction of sp³-hybridized carbons (Fsp3) is 0.308. The summed E-state index contributed by atoms with van der Waals surface area (Å²) in [7, 11) is -1.81. The van der Waals surface area contributed by atoms with E-state index in [1.54, 1.807) is 23.0 Å². The lowest BCUT2D eigenvalue weighted by Gasteiger charge is -2.09. The third-order valence-corrected chi connectivity index (χ3v) is 4.72. The molecule has 3 N–H and O–H groups in total. The van der Waals surface area contributed by atoms with Gasteiger partial charge in [-0.05, 0) is 31.5 Å². The van der Waals surface area contributed by atoms with Gasteiger partial charge in [0.2, 0.25) is 10.0 Å². The monoisotopic (exact) mass is 294 g/mol. The molecule has 0 atom stereocenters. The van der Waals surface area contributed by atoms with Crippen molar-refractivity contribution in [3.05, 3.63) is 41.2 Å². The molecular formula is C13H18N4O2S.